The SMILES string of the molecule is CCc1c(NC(=O)CCc2nc(C)no2)cnn1-c1ccccc1Cl. The van der Waals surface area contributed by atoms with Gasteiger partial charge in [-0.1, -0.05) is 35.8 Å². The molecule has 0 bridgehead atoms. The highest BCUT2D eigenvalue weighted by Crippen LogP contribution is 2.25. The lowest BCUT2D eigenvalue weighted by atomic mass is 10.2. The molecule has 25 heavy (non-hydrogen) atoms. The quantitative estimate of drug-likeness (QED) is 0.729. The summed E-state index contributed by atoms with van der Waals surface area (Å²) in [4.78, 5) is 16.3. The van der Waals surface area contributed by atoms with E-state index in [4.69, 9.17) is 16.1 Å². The van der Waals surface area contributed by atoms with Gasteiger partial charge in [-0.25, -0.2) is 4.68 Å². The number of benzene rings is 1. The molecule has 0 atom stereocenters. The van der Waals surface area contributed by atoms with Gasteiger partial charge >= 0.3 is 0 Å². The lowest BCUT2D eigenvalue weighted by Gasteiger charge is -2.10. The van der Waals surface area contributed by atoms with Crippen molar-refractivity contribution >= 4 is 23.2 Å². The van der Waals surface area contributed by atoms with Crippen molar-refractivity contribution in [2.24, 2.45) is 0 Å². The average molecular weight is 360 g/mol. The molecule has 0 unspecified atom stereocenters. The van der Waals surface area contributed by atoms with Crippen molar-refractivity contribution in [2.45, 2.75) is 33.1 Å². The first-order chi connectivity index (χ1) is 12.1. The lowest BCUT2D eigenvalue weighted by molar-refractivity contribution is -0.116. The molecule has 1 aromatic carbocycles. The molecule has 2 heterocycles. The fourth-order valence-electron chi connectivity index (χ4n) is 2.52. The average Bonchev–Trinajstić information content (AvgIpc) is 3.19. The Balaban J connectivity index is 1.72. The number of aromatic nitrogens is 4. The Hall–Kier alpha value is -2.67. The third-order valence-electron chi connectivity index (χ3n) is 3.69. The number of halogens is 1. The highest BCUT2D eigenvalue weighted by molar-refractivity contribution is 6.32. The summed E-state index contributed by atoms with van der Waals surface area (Å²) in [5.41, 5.74) is 2.34. The molecule has 3 aromatic rings. The molecule has 3 rings (SSSR count). The zero-order valence-electron chi connectivity index (χ0n) is 14.0. The van der Waals surface area contributed by atoms with Crippen molar-refractivity contribution < 1.29 is 9.32 Å². The Morgan fingerprint density at radius 3 is 2.84 bits per heavy atom. The van der Waals surface area contributed by atoms with E-state index in [1.807, 2.05) is 31.2 Å². The molecule has 0 aliphatic rings. The van der Waals surface area contributed by atoms with Crippen molar-refractivity contribution in [1.82, 2.24) is 19.9 Å². The predicted octanol–water partition coefficient (Wildman–Crippen LogP) is 3.35. The van der Waals surface area contributed by atoms with E-state index in [-0.39, 0.29) is 12.3 Å². The maximum Gasteiger partial charge on any atom is 0.227 e. The van der Waals surface area contributed by atoms with Crippen LogP contribution in [0.25, 0.3) is 5.69 Å². The van der Waals surface area contributed by atoms with E-state index in [1.165, 1.54) is 0 Å². The van der Waals surface area contributed by atoms with E-state index < -0.39 is 0 Å². The number of nitrogens with zero attached hydrogens (tertiary/aromatic N) is 4. The predicted molar refractivity (Wildman–Crippen MR) is 93.9 cm³/mol. The van der Waals surface area contributed by atoms with Gasteiger partial charge in [0.15, 0.2) is 5.82 Å². The molecule has 1 N–H and O–H groups in total. The monoisotopic (exact) mass is 359 g/mol. The summed E-state index contributed by atoms with van der Waals surface area (Å²) in [6.07, 6.45) is 2.98. The molecule has 0 saturated heterocycles. The van der Waals surface area contributed by atoms with Crippen molar-refractivity contribution in [3.8, 4) is 5.69 Å². The number of aryl methyl sites for hydroxylation is 2. The van der Waals surface area contributed by atoms with Gasteiger partial charge in [0, 0.05) is 12.8 Å². The molecular formula is C17H18ClN5O2. The lowest BCUT2D eigenvalue weighted by Crippen LogP contribution is -2.14. The molecule has 2 aromatic heterocycles. The summed E-state index contributed by atoms with van der Waals surface area (Å²) in [5.74, 6) is 0.879. The van der Waals surface area contributed by atoms with E-state index in [9.17, 15) is 4.79 Å². The van der Waals surface area contributed by atoms with Crippen LogP contribution in [0.1, 0.15) is 30.8 Å². The Morgan fingerprint density at radius 2 is 2.16 bits per heavy atom. The zero-order valence-corrected chi connectivity index (χ0v) is 14.7. The van der Waals surface area contributed by atoms with Crippen LogP contribution < -0.4 is 5.32 Å². The van der Waals surface area contributed by atoms with E-state index in [2.05, 4.69) is 20.6 Å². The number of carbonyl (C=O) groups excluding carboxylic acids is 1. The van der Waals surface area contributed by atoms with Gasteiger partial charge in [0.05, 0.1) is 28.3 Å². The largest absolute Gasteiger partial charge is 0.339 e. The number of rotatable bonds is 6. The highest BCUT2D eigenvalue weighted by Gasteiger charge is 2.15. The van der Waals surface area contributed by atoms with Crippen LogP contribution in [0.3, 0.4) is 0 Å². The van der Waals surface area contributed by atoms with E-state index in [0.29, 0.717) is 35.3 Å². The second-order valence-electron chi connectivity index (χ2n) is 5.51. The van der Waals surface area contributed by atoms with Gasteiger partial charge in [-0.15, -0.1) is 0 Å². The highest BCUT2D eigenvalue weighted by atomic mass is 35.5. The number of hydrogen-bond acceptors (Lipinski definition) is 5. The normalized spacial score (nSPS) is 10.8. The fraction of sp³-hybridized carbons (Fsp3) is 0.294. The van der Waals surface area contributed by atoms with Gasteiger partial charge in [0.2, 0.25) is 11.8 Å². The third-order valence-corrected chi connectivity index (χ3v) is 4.01. The molecule has 0 spiro atoms. The first kappa shape index (κ1) is 17.2. The number of amides is 1. The van der Waals surface area contributed by atoms with Crippen LogP contribution in [-0.4, -0.2) is 25.8 Å². The summed E-state index contributed by atoms with van der Waals surface area (Å²) in [7, 11) is 0. The first-order valence-electron chi connectivity index (χ1n) is 7.99. The van der Waals surface area contributed by atoms with Crippen LogP contribution in [0, 0.1) is 6.92 Å². The minimum atomic E-state index is -0.135. The van der Waals surface area contributed by atoms with Gasteiger partial charge in [-0.2, -0.15) is 10.1 Å². The second kappa shape index (κ2) is 7.48. The van der Waals surface area contributed by atoms with Crippen molar-refractivity contribution in [2.75, 3.05) is 5.32 Å². The van der Waals surface area contributed by atoms with Crippen LogP contribution in [0.5, 0.6) is 0 Å². The number of carbonyl (C=O) groups is 1. The maximum absolute atomic E-state index is 12.2. The van der Waals surface area contributed by atoms with Crippen molar-refractivity contribution in [3.05, 3.63) is 52.9 Å². The summed E-state index contributed by atoms with van der Waals surface area (Å²) >= 11 is 6.25. The van der Waals surface area contributed by atoms with E-state index in [0.717, 1.165) is 11.4 Å². The Morgan fingerprint density at radius 1 is 1.36 bits per heavy atom. The standard InChI is InChI=1S/C17H18ClN5O2/c1-3-14-13(10-19-23(14)15-7-5-4-6-12(15)18)21-16(24)8-9-17-20-11(2)22-25-17/h4-7,10H,3,8-9H2,1-2H3,(H,21,24). The summed E-state index contributed by atoms with van der Waals surface area (Å²) in [6.45, 7) is 3.74. The molecule has 7 nitrogen and oxygen atoms in total. The van der Waals surface area contributed by atoms with Crippen LogP contribution >= 0.6 is 11.6 Å². The Bertz CT molecular complexity index is 887. The van der Waals surface area contributed by atoms with Crippen LogP contribution in [-0.2, 0) is 17.6 Å². The Kier molecular flexibility index (Phi) is 5.14. The number of anilines is 1. The zero-order chi connectivity index (χ0) is 17.8. The topological polar surface area (TPSA) is 85.8 Å². The van der Waals surface area contributed by atoms with Crippen LogP contribution in [0.4, 0.5) is 5.69 Å². The van der Waals surface area contributed by atoms with Crippen LogP contribution in [0.15, 0.2) is 35.0 Å². The molecule has 0 saturated carbocycles. The minimum absolute atomic E-state index is 0.135. The van der Waals surface area contributed by atoms with Gasteiger partial charge in [0.25, 0.3) is 0 Å². The van der Waals surface area contributed by atoms with E-state index in [1.54, 1.807) is 17.8 Å². The molecule has 1 amide bonds. The molecule has 0 aliphatic carbocycles. The van der Waals surface area contributed by atoms with Crippen molar-refractivity contribution in [3.63, 3.8) is 0 Å². The minimum Gasteiger partial charge on any atom is -0.339 e. The first-order valence-corrected chi connectivity index (χ1v) is 8.37. The molecule has 130 valence electrons. The molecule has 8 heteroatoms. The maximum atomic E-state index is 12.2. The van der Waals surface area contributed by atoms with Crippen molar-refractivity contribution in [1.29, 1.82) is 0 Å². The molecule has 0 radical (unpaired) electrons. The smallest absolute Gasteiger partial charge is 0.227 e. The second-order valence-corrected chi connectivity index (χ2v) is 5.91. The molecule has 0 fully saturated rings. The number of nitrogens with one attached hydrogen (secondary N) is 1. The van der Waals surface area contributed by atoms with Crippen LogP contribution in [0.2, 0.25) is 5.02 Å². The van der Waals surface area contributed by atoms with Gasteiger partial charge < -0.3 is 9.84 Å². The Labute approximate surface area is 150 Å². The summed E-state index contributed by atoms with van der Waals surface area (Å²) in [5, 5.41) is 11.6. The molecule has 0 aliphatic heterocycles. The van der Waals surface area contributed by atoms with E-state index >= 15 is 0 Å². The van der Waals surface area contributed by atoms with Gasteiger partial charge in [-0.05, 0) is 25.5 Å². The molecular weight excluding hydrogens is 342 g/mol. The van der Waals surface area contributed by atoms with Gasteiger partial charge in [0.1, 0.15) is 0 Å². The summed E-state index contributed by atoms with van der Waals surface area (Å²) < 4.78 is 6.76. The number of para-hydroxylation sites is 1. The summed E-state index contributed by atoms with van der Waals surface area (Å²) in [6, 6.07) is 7.45. The van der Waals surface area contributed by atoms with Gasteiger partial charge in [-0.3, -0.25) is 4.79 Å². The number of hydrogen-bond donors (Lipinski definition) is 1. The third kappa shape index (κ3) is 3.88. The fourth-order valence-corrected chi connectivity index (χ4v) is 2.74.